The Hall–Kier alpha value is -0.840. The maximum absolute atomic E-state index is 4.43. The molecule has 1 N–H and O–H groups in total. The zero-order valence-electron chi connectivity index (χ0n) is 12.9. The Kier molecular flexibility index (Phi) is 5.85. The summed E-state index contributed by atoms with van der Waals surface area (Å²) in [5.74, 6) is 0.968. The SMILES string of the molecule is CNC(CSc1ccc(Br)cn1)c1c(C)cc(C)cc1C. The van der Waals surface area contributed by atoms with Crippen molar-refractivity contribution in [3.8, 4) is 0 Å². The summed E-state index contributed by atoms with van der Waals surface area (Å²) >= 11 is 5.20. The van der Waals surface area contributed by atoms with Crippen molar-refractivity contribution in [1.29, 1.82) is 0 Å². The third-order valence-electron chi connectivity index (χ3n) is 3.53. The first-order valence-electron chi connectivity index (χ1n) is 7.00. The summed E-state index contributed by atoms with van der Waals surface area (Å²) in [6, 6.07) is 8.94. The fourth-order valence-electron chi connectivity index (χ4n) is 2.67. The minimum atomic E-state index is 0.334. The van der Waals surface area contributed by atoms with Crippen LogP contribution in [0.3, 0.4) is 0 Å². The first kappa shape index (κ1) is 16.5. The number of pyridine rings is 1. The number of hydrogen-bond acceptors (Lipinski definition) is 3. The molecule has 4 heteroatoms. The number of benzene rings is 1. The second kappa shape index (κ2) is 7.43. The molecule has 0 spiro atoms. The molecular formula is C17H21BrN2S. The van der Waals surface area contributed by atoms with Crippen LogP contribution < -0.4 is 5.32 Å². The Bertz CT molecular complexity index is 588. The van der Waals surface area contributed by atoms with Crippen molar-refractivity contribution >= 4 is 27.7 Å². The first-order chi connectivity index (χ1) is 10.0. The van der Waals surface area contributed by atoms with Crippen LogP contribution in [0.4, 0.5) is 0 Å². The fraction of sp³-hybridized carbons (Fsp3) is 0.353. The van der Waals surface area contributed by atoms with E-state index in [4.69, 9.17) is 0 Å². The summed E-state index contributed by atoms with van der Waals surface area (Å²) in [5, 5.41) is 4.50. The van der Waals surface area contributed by atoms with E-state index < -0.39 is 0 Å². The van der Waals surface area contributed by atoms with E-state index in [2.05, 4.69) is 65.2 Å². The number of nitrogens with one attached hydrogen (secondary N) is 1. The summed E-state index contributed by atoms with van der Waals surface area (Å²) in [6.07, 6.45) is 1.85. The van der Waals surface area contributed by atoms with Crippen LogP contribution in [0.1, 0.15) is 28.3 Å². The van der Waals surface area contributed by atoms with Crippen molar-refractivity contribution in [3.05, 3.63) is 57.2 Å². The molecular weight excluding hydrogens is 344 g/mol. The molecule has 1 heterocycles. The molecule has 0 bridgehead atoms. The molecule has 0 aliphatic carbocycles. The van der Waals surface area contributed by atoms with E-state index in [0.717, 1.165) is 15.3 Å². The predicted octanol–water partition coefficient (Wildman–Crippen LogP) is 4.82. The van der Waals surface area contributed by atoms with Gasteiger partial charge in [0.25, 0.3) is 0 Å². The molecule has 0 saturated carbocycles. The molecule has 1 aromatic carbocycles. The average molecular weight is 365 g/mol. The standard InChI is InChI=1S/C17H21BrN2S/c1-11-7-12(2)17(13(3)8-11)15(19-4)10-21-16-6-5-14(18)9-20-16/h5-9,15,19H,10H2,1-4H3. The number of rotatable bonds is 5. The largest absolute Gasteiger partial charge is 0.312 e. The normalized spacial score (nSPS) is 12.4. The van der Waals surface area contributed by atoms with E-state index in [1.165, 1.54) is 22.3 Å². The lowest BCUT2D eigenvalue weighted by atomic mass is 9.95. The van der Waals surface area contributed by atoms with E-state index >= 15 is 0 Å². The van der Waals surface area contributed by atoms with Gasteiger partial charge in [-0.25, -0.2) is 4.98 Å². The maximum Gasteiger partial charge on any atom is 0.0961 e. The van der Waals surface area contributed by atoms with E-state index in [-0.39, 0.29) is 0 Å². The van der Waals surface area contributed by atoms with Gasteiger partial charge in [-0.15, -0.1) is 11.8 Å². The smallest absolute Gasteiger partial charge is 0.0961 e. The van der Waals surface area contributed by atoms with Gasteiger partial charge in [0.05, 0.1) is 5.03 Å². The van der Waals surface area contributed by atoms with Crippen LogP contribution in [-0.4, -0.2) is 17.8 Å². The lowest BCUT2D eigenvalue weighted by Gasteiger charge is -2.21. The monoisotopic (exact) mass is 364 g/mol. The van der Waals surface area contributed by atoms with E-state index in [1.54, 1.807) is 11.8 Å². The Morgan fingerprint density at radius 3 is 2.38 bits per heavy atom. The molecule has 0 radical (unpaired) electrons. The van der Waals surface area contributed by atoms with Crippen LogP contribution in [0, 0.1) is 20.8 Å². The van der Waals surface area contributed by atoms with Crippen LogP contribution in [0.5, 0.6) is 0 Å². The topological polar surface area (TPSA) is 24.9 Å². The molecule has 21 heavy (non-hydrogen) atoms. The molecule has 1 atom stereocenters. The zero-order valence-corrected chi connectivity index (χ0v) is 15.3. The second-order valence-electron chi connectivity index (χ2n) is 5.28. The number of halogens is 1. The van der Waals surface area contributed by atoms with Gasteiger partial charge in [-0.2, -0.15) is 0 Å². The second-order valence-corrected chi connectivity index (χ2v) is 7.24. The molecule has 2 aromatic rings. The van der Waals surface area contributed by atoms with Crippen molar-refractivity contribution in [1.82, 2.24) is 10.3 Å². The summed E-state index contributed by atoms with van der Waals surface area (Å²) < 4.78 is 1.02. The molecule has 0 amide bonds. The van der Waals surface area contributed by atoms with E-state index in [9.17, 15) is 0 Å². The molecule has 1 unspecified atom stereocenters. The maximum atomic E-state index is 4.43. The van der Waals surface area contributed by atoms with Crippen molar-refractivity contribution in [2.24, 2.45) is 0 Å². The highest BCUT2D eigenvalue weighted by atomic mass is 79.9. The number of aromatic nitrogens is 1. The van der Waals surface area contributed by atoms with Gasteiger partial charge in [0.1, 0.15) is 0 Å². The van der Waals surface area contributed by atoms with Gasteiger partial charge in [0.15, 0.2) is 0 Å². The highest BCUT2D eigenvalue weighted by Crippen LogP contribution is 2.28. The molecule has 2 rings (SSSR count). The molecule has 1 aromatic heterocycles. The highest BCUT2D eigenvalue weighted by Gasteiger charge is 2.15. The van der Waals surface area contributed by atoms with Crippen LogP contribution in [-0.2, 0) is 0 Å². The zero-order chi connectivity index (χ0) is 15.4. The van der Waals surface area contributed by atoms with Gasteiger partial charge in [0.2, 0.25) is 0 Å². The predicted molar refractivity (Wildman–Crippen MR) is 95.1 cm³/mol. The minimum absolute atomic E-state index is 0.334. The lowest BCUT2D eigenvalue weighted by Crippen LogP contribution is -2.21. The van der Waals surface area contributed by atoms with Crippen molar-refractivity contribution in [2.75, 3.05) is 12.8 Å². The lowest BCUT2D eigenvalue weighted by molar-refractivity contribution is 0.653. The Labute approximate surface area is 139 Å². The number of hydrogen-bond donors (Lipinski definition) is 1. The van der Waals surface area contributed by atoms with Crippen LogP contribution in [0.25, 0.3) is 0 Å². The quantitative estimate of drug-likeness (QED) is 0.769. The van der Waals surface area contributed by atoms with Crippen molar-refractivity contribution in [3.63, 3.8) is 0 Å². The van der Waals surface area contributed by atoms with Crippen molar-refractivity contribution < 1.29 is 0 Å². The van der Waals surface area contributed by atoms with Gasteiger partial charge in [-0.1, -0.05) is 17.7 Å². The molecule has 0 fully saturated rings. The van der Waals surface area contributed by atoms with Gasteiger partial charge in [0, 0.05) is 22.5 Å². The summed E-state index contributed by atoms with van der Waals surface area (Å²) in [6.45, 7) is 6.54. The summed E-state index contributed by atoms with van der Waals surface area (Å²) in [5.41, 5.74) is 5.45. The number of aryl methyl sites for hydroxylation is 3. The van der Waals surface area contributed by atoms with Gasteiger partial charge >= 0.3 is 0 Å². The Morgan fingerprint density at radius 2 is 1.86 bits per heavy atom. The van der Waals surface area contributed by atoms with Gasteiger partial charge < -0.3 is 5.32 Å². The molecule has 0 saturated heterocycles. The van der Waals surface area contributed by atoms with E-state index in [1.807, 2.05) is 19.3 Å². The van der Waals surface area contributed by atoms with Gasteiger partial charge in [-0.05, 0) is 72.6 Å². The van der Waals surface area contributed by atoms with Gasteiger partial charge in [-0.3, -0.25) is 0 Å². The van der Waals surface area contributed by atoms with Crippen LogP contribution >= 0.6 is 27.7 Å². The fourth-order valence-corrected chi connectivity index (χ4v) is 3.86. The Balaban J connectivity index is 2.15. The third-order valence-corrected chi connectivity index (χ3v) is 5.04. The van der Waals surface area contributed by atoms with Crippen LogP contribution in [0.15, 0.2) is 40.0 Å². The Morgan fingerprint density at radius 1 is 1.19 bits per heavy atom. The number of nitrogens with zero attached hydrogens (tertiary/aromatic N) is 1. The molecule has 112 valence electrons. The van der Waals surface area contributed by atoms with E-state index in [0.29, 0.717) is 6.04 Å². The average Bonchev–Trinajstić information content (AvgIpc) is 2.43. The molecule has 2 nitrogen and oxygen atoms in total. The van der Waals surface area contributed by atoms with Crippen molar-refractivity contribution in [2.45, 2.75) is 31.8 Å². The van der Waals surface area contributed by atoms with Crippen LogP contribution in [0.2, 0.25) is 0 Å². The number of thioether (sulfide) groups is 1. The third kappa shape index (κ3) is 4.31. The summed E-state index contributed by atoms with van der Waals surface area (Å²) in [4.78, 5) is 4.43. The first-order valence-corrected chi connectivity index (χ1v) is 8.78. The minimum Gasteiger partial charge on any atom is -0.312 e. The molecule has 0 aliphatic rings. The summed E-state index contributed by atoms with van der Waals surface area (Å²) in [7, 11) is 2.03. The molecule has 0 aliphatic heterocycles. The highest BCUT2D eigenvalue weighted by molar-refractivity contribution is 9.10.